The molecule has 0 spiro atoms. The van der Waals surface area contributed by atoms with Crippen LogP contribution in [0.3, 0.4) is 0 Å². The highest BCUT2D eigenvalue weighted by atomic mass is 16.5. The maximum atomic E-state index is 13.0. The summed E-state index contributed by atoms with van der Waals surface area (Å²) in [6.07, 6.45) is 3.69. The van der Waals surface area contributed by atoms with E-state index in [9.17, 15) is 4.79 Å². The van der Waals surface area contributed by atoms with Gasteiger partial charge in [-0.05, 0) is 38.7 Å². The van der Waals surface area contributed by atoms with E-state index in [1.54, 1.807) is 4.68 Å². The standard InChI is InChI=1S/C19H27N5O3/c1-13-11-15(23(3)21-13)17(25)24-8-4-7-19(2,12-24)18-20-16(27-22-18)14-5-9-26-10-6-14/h11,14H,4-10,12H2,1-3H3. The Labute approximate surface area is 158 Å². The lowest BCUT2D eigenvalue weighted by molar-refractivity contribution is 0.0631. The number of nitrogens with zero attached hydrogens (tertiary/aromatic N) is 5. The molecule has 1 unspecified atom stereocenters. The van der Waals surface area contributed by atoms with Gasteiger partial charge in [0.1, 0.15) is 5.69 Å². The maximum absolute atomic E-state index is 13.0. The van der Waals surface area contributed by atoms with Gasteiger partial charge in [0.25, 0.3) is 5.91 Å². The lowest BCUT2D eigenvalue weighted by atomic mass is 9.81. The summed E-state index contributed by atoms with van der Waals surface area (Å²) >= 11 is 0. The second-order valence-corrected chi connectivity index (χ2v) is 8.03. The molecule has 8 heteroatoms. The Kier molecular flexibility index (Phi) is 4.75. The van der Waals surface area contributed by atoms with Crippen molar-refractivity contribution in [2.24, 2.45) is 7.05 Å². The molecule has 146 valence electrons. The number of ether oxygens (including phenoxy) is 1. The molecule has 2 aliphatic rings. The van der Waals surface area contributed by atoms with Crippen molar-refractivity contribution >= 4 is 5.91 Å². The summed E-state index contributed by atoms with van der Waals surface area (Å²) in [6.45, 7) is 6.83. The van der Waals surface area contributed by atoms with Gasteiger partial charge in [0.05, 0.1) is 5.69 Å². The molecule has 0 bridgehead atoms. The van der Waals surface area contributed by atoms with Crippen molar-refractivity contribution in [1.82, 2.24) is 24.8 Å². The smallest absolute Gasteiger partial charge is 0.272 e. The van der Waals surface area contributed by atoms with Crippen molar-refractivity contribution in [3.63, 3.8) is 0 Å². The predicted octanol–water partition coefficient (Wildman–Crippen LogP) is 2.20. The molecule has 2 aromatic heterocycles. The minimum absolute atomic E-state index is 0.0113. The van der Waals surface area contributed by atoms with Gasteiger partial charge in [-0.15, -0.1) is 0 Å². The van der Waals surface area contributed by atoms with Gasteiger partial charge < -0.3 is 14.2 Å². The molecule has 4 rings (SSSR count). The zero-order valence-electron chi connectivity index (χ0n) is 16.3. The van der Waals surface area contributed by atoms with Gasteiger partial charge in [-0.2, -0.15) is 10.1 Å². The second-order valence-electron chi connectivity index (χ2n) is 8.03. The first-order valence-corrected chi connectivity index (χ1v) is 9.68. The Morgan fingerprint density at radius 3 is 2.81 bits per heavy atom. The summed E-state index contributed by atoms with van der Waals surface area (Å²) in [5.41, 5.74) is 1.17. The summed E-state index contributed by atoms with van der Waals surface area (Å²) in [6, 6.07) is 1.84. The molecule has 0 saturated carbocycles. The van der Waals surface area contributed by atoms with E-state index in [0.29, 0.717) is 24.0 Å². The third-order valence-electron chi connectivity index (χ3n) is 5.76. The van der Waals surface area contributed by atoms with Crippen LogP contribution in [-0.4, -0.2) is 57.0 Å². The molecule has 2 aromatic rings. The van der Waals surface area contributed by atoms with Gasteiger partial charge in [0, 0.05) is 44.7 Å². The number of amides is 1. The van der Waals surface area contributed by atoms with Crippen molar-refractivity contribution in [3.05, 3.63) is 29.2 Å². The molecule has 0 N–H and O–H groups in total. The van der Waals surface area contributed by atoms with Gasteiger partial charge in [-0.1, -0.05) is 12.1 Å². The zero-order chi connectivity index (χ0) is 19.0. The number of carbonyl (C=O) groups excluding carboxylic acids is 1. The number of hydrogen-bond acceptors (Lipinski definition) is 6. The number of aryl methyl sites for hydroxylation is 2. The molecule has 2 saturated heterocycles. The maximum Gasteiger partial charge on any atom is 0.272 e. The highest BCUT2D eigenvalue weighted by Gasteiger charge is 2.39. The summed E-state index contributed by atoms with van der Waals surface area (Å²) in [7, 11) is 1.81. The Morgan fingerprint density at radius 1 is 1.33 bits per heavy atom. The number of aromatic nitrogens is 4. The van der Waals surface area contributed by atoms with Crippen LogP contribution in [0.5, 0.6) is 0 Å². The minimum Gasteiger partial charge on any atom is -0.381 e. The van der Waals surface area contributed by atoms with Crippen LogP contribution in [0.4, 0.5) is 0 Å². The monoisotopic (exact) mass is 373 g/mol. The summed E-state index contributed by atoms with van der Waals surface area (Å²) in [5.74, 6) is 1.71. The molecule has 1 atom stereocenters. The van der Waals surface area contributed by atoms with E-state index < -0.39 is 0 Å². The Bertz CT molecular complexity index is 823. The first-order valence-electron chi connectivity index (χ1n) is 9.68. The van der Waals surface area contributed by atoms with Crippen LogP contribution < -0.4 is 0 Å². The van der Waals surface area contributed by atoms with Crippen molar-refractivity contribution in [2.75, 3.05) is 26.3 Å². The Morgan fingerprint density at radius 2 is 2.11 bits per heavy atom. The topological polar surface area (TPSA) is 86.3 Å². The van der Waals surface area contributed by atoms with Crippen molar-refractivity contribution < 1.29 is 14.1 Å². The normalized spacial score (nSPS) is 24.3. The fraction of sp³-hybridized carbons (Fsp3) is 0.684. The van der Waals surface area contributed by atoms with Crippen molar-refractivity contribution in [3.8, 4) is 0 Å². The van der Waals surface area contributed by atoms with Crippen molar-refractivity contribution in [2.45, 2.75) is 50.9 Å². The minimum atomic E-state index is -0.297. The summed E-state index contributed by atoms with van der Waals surface area (Å²) < 4.78 is 12.7. The fourth-order valence-electron chi connectivity index (χ4n) is 4.16. The second kappa shape index (κ2) is 7.07. The Hall–Kier alpha value is -2.22. The summed E-state index contributed by atoms with van der Waals surface area (Å²) in [5, 5.41) is 8.59. The van der Waals surface area contributed by atoms with Gasteiger partial charge >= 0.3 is 0 Å². The quantitative estimate of drug-likeness (QED) is 0.820. The van der Waals surface area contributed by atoms with Crippen LogP contribution >= 0.6 is 0 Å². The number of likely N-dealkylation sites (tertiary alicyclic amines) is 1. The highest BCUT2D eigenvalue weighted by molar-refractivity contribution is 5.92. The van der Waals surface area contributed by atoms with Crippen LogP contribution in [0, 0.1) is 6.92 Å². The summed E-state index contributed by atoms with van der Waals surface area (Å²) in [4.78, 5) is 19.6. The van der Waals surface area contributed by atoms with Crippen LogP contribution in [0.25, 0.3) is 0 Å². The molecular formula is C19H27N5O3. The van der Waals surface area contributed by atoms with Gasteiger partial charge in [-0.3, -0.25) is 9.48 Å². The van der Waals surface area contributed by atoms with E-state index >= 15 is 0 Å². The zero-order valence-corrected chi connectivity index (χ0v) is 16.3. The van der Waals surface area contributed by atoms with Gasteiger partial charge in [-0.25, -0.2) is 0 Å². The molecule has 0 radical (unpaired) electrons. The molecule has 1 amide bonds. The van der Waals surface area contributed by atoms with E-state index in [1.165, 1.54) is 0 Å². The van der Waals surface area contributed by atoms with Crippen molar-refractivity contribution in [1.29, 1.82) is 0 Å². The SMILES string of the molecule is Cc1cc(C(=O)N2CCCC(C)(c3noc(C4CCOCC4)n3)C2)n(C)n1. The van der Waals surface area contributed by atoms with Gasteiger partial charge in [0.15, 0.2) is 5.82 Å². The van der Waals surface area contributed by atoms with E-state index in [1.807, 2.05) is 24.9 Å². The number of piperidine rings is 1. The predicted molar refractivity (Wildman–Crippen MR) is 97.5 cm³/mol. The molecule has 0 aromatic carbocycles. The van der Waals surface area contributed by atoms with E-state index in [4.69, 9.17) is 14.2 Å². The third-order valence-corrected chi connectivity index (χ3v) is 5.76. The first kappa shape index (κ1) is 18.2. The lowest BCUT2D eigenvalue weighted by Gasteiger charge is -2.38. The average molecular weight is 373 g/mol. The molecule has 27 heavy (non-hydrogen) atoms. The lowest BCUT2D eigenvalue weighted by Crippen LogP contribution is -2.48. The van der Waals surface area contributed by atoms with Crippen LogP contribution in [0.15, 0.2) is 10.6 Å². The molecule has 0 aliphatic carbocycles. The largest absolute Gasteiger partial charge is 0.381 e. The molecule has 2 aliphatic heterocycles. The molecule has 2 fully saturated rings. The van der Waals surface area contributed by atoms with Crippen LogP contribution in [-0.2, 0) is 17.2 Å². The number of hydrogen-bond donors (Lipinski definition) is 0. The average Bonchev–Trinajstić information content (AvgIpc) is 3.29. The molecule has 8 nitrogen and oxygen atoms in total. The highest BCUT2D eigenvalue weighted by Crippen LogP contribution is 2.34. The van der Waals surface area contributed by atoms with Crippen LogP contribution in [0.2, 0.25) is 0 Å². The van der Waals surface area contributed by atoms with Gasteiger partial charge in [0.2, 0.25) is 5.89 Å². The molecular weight excluding hydrogens is 346 g/mol. The van der Waals surface area contributed by atoms with E-state index in [2.05, 4.69) is 17.2 Å². The third kappa shape index (κ3) is 3.50. The number of rotatable bonds is 3. The van der Waals surface area contributed by atoms with E-state index in [0.717, 1.165) is 51.1 Å². The first-order chi connectivity index (χ1) is 13.0. The fourth-order valence-corrected chi connectivity index (χ4v) is 4.16. The Balaban J connectivity index is 1.52. The van der Waals surface area contributed by atoms with Crippen LogP contribution in [0.1, 0.15) is 66.4 Å². The number of carbonyl (C=O) groups is 1. The molecule has 4 heterocycles. The van der Waals surface area contributed by atoms with E-state index in [-0.39, 0.29) is 17.2 Å².